The minimum Gasteiger partial charge on any atom is -0.356 e. The van der Waals surface area contributed by atoms with E-state index >= 15 is 0 Å². The van der Waals surface area contributed by atoms with Crippen LogP contribution in [0.25, 0.3) is 0 Å². The molecule has 1 aromatic rings. The number of carbonyl (C=O) groups excluding carboxylic acids is 1. The fourth-order valence-electron chi connectivity index (χ4n) is 2.43. The smallest absolute Gasteiger partial charge is 0.220 e. The van der Waals surface area contributed by atoms with Gasteiger partial charge in [-0.2, -0.15) is 0 Å². The van der Waals surface area contributed by atoms with Crippen molar-refractivity contribution < 1.29 is 14.3 Å². The summed E-state index contributed by atoms with van der Waals surface area (Å²) in [6, 6.07) is 8.47. The highest BCUT2D eigenvalue weighted by molar-refractivity contribution is 5.75. The summed E-state index contributed by atoms with van der Waals surface area (Å²) < 4.78 is 11.0. The van der Waals surface area contributed by atoms with Gasteiger partial charge in [0.25, 0.3) is 0 Å². The Morgan fingerprint density at radius 2 is 1.90 bits per heavy atom. The first-order valence-corrected chi connectivity index (χ1v) is 7.68. The van der Waals surface area contributed by atoms with Gasteiger partial charge in [0, 0.05) is 19.4 Å². The summed E-state index contributed by atoms with van der Waals surface area (Å²) in [6.45, 7) is 5.88. The first-order chi connectivity index (χ1) is 10.1. The van der Waals surface area contributed by atoms with Crippen molar-refractivity contribution in [3.63, 3.8) is 0 Å². The van der Waals surface area contributed by atoms with E-state index in [2.05, 4.69) is 36.5 Å². The van der Waals surface area contributed by atoms with Gasteiger partial charge >= 0.3 is 0 Å². The molecule has 0 bridgehead atoms. The summed E-state index contributed by atoms with van der Waals surface area (Å²) in [5.74, 6) is -0.418. The minimum absolute atomic E-state index is 0.101. The molecule has 21 heavy (non-hydrogen) atoms. The largest absolute Gasteiger partial charge is 0.356 e. The molecule has 0 spiro atoms. The highest BCUT2D eigenvalue weighted by Gasteiger charge is 2.30. The molecular weight excluding hydrogens is 266 g/mol. The van der Waals surface area contributed by atoms with Crippen LogP contribution in [-0.2, 0) is 20.7 Å². The summed E-state index contributed by atoms with van der Waals surface area (Å²) in [6.07, 6.45) is 3.07. The SMILES string of the molecule is Cc1ccc(CCCC(=O)NCCC2(C)OCCO2)cc1. The van der Waals surface area contributed by atoms with Crippen LogP contribution in [0.4, 0.5) is 0 Å². The second kappa shape index (κ2) is 7.57. The van der Waals surface area contributed by atoms with Crippen LogP contribution in [0, 0.1) is 6.92 Å². The molecule has 0 atom stereocenters. The molecule has 1 heterocycles. The molecule has 0 saturated carbocycles. The zero-order valence-corrected chi connectivity index (χ0v) is 13.0. The summed E-state index contributed by atoms with van der Waals surface area (Å²) in [4.78, 5) is 11.8. The molecule has 1 aliphatic rings. The number of rotatable bonds is 7. The van der Waals surface area contributed by atoms with Crippen molar-refractivity contribution in [3.05, 3.63) is 35.4 Å². The van der Waals surface area contributed by atoms with Gasteiger partial charge in [-0.15, -0.1) is 0 Å². The second-order valence-corrected chi connectivity index (χ2v) is 5.77. The number of nitrogens with one attached hydrogen (secondary N) is 1. The van der Waals surface area contributed by atoms with Crippen molar-refractivity contribution in [2.45, 2.75) is 45.3 Å². The van der Waals surface area contributed by atoms with Gasteiger partial charge in [-0.1, -0.05) is 29.8 Å². The third-order valence-corrected chi connectivity index (χ3v) is 3.79. The number of ether oxygens (including phenoxy) is 2. The lowest BCUT2D eigenvalue weighted by Crippen LogP contribution is -2.33. The van der Waals surface area contributed by atoms with Crippen molar-refractivity contribution in [2.24, 2.45) is 0 Å². The van der Waals surface area contributed by atoms with Gasteiger partial charge in [0.05, 0.1) is 13.2 Å². The van der Waals surface area contributed by atoms with Crippen molar-refractivity contribution >= 4 is 5.91 Å². The van der Waals surface area contributed by atoms with E-state index in [9.17, 15) is 4.79 Å². The predicted octanol–water partition coefficient (Wildman–Crippen LogP) is 2.59. The predicted molar refractivity (Wildman–Crippen MR) is 82.1 cm³/mol. The maximum absolute atomic E-state index is 11.8. The first-order valence-electron chi connectivity index (χ1n) is 7.68. The van der Waals surface area contributed by atoms with Gasteiger partial charge < -0.3 is 14.8 Å². The molecular formula is C17H25NO3. The van der Waals surface area contributed by atoms with Crippen molar-refractivity contribution in [2.75, 3.05) is 19.8 Å². The van der Waals surface area contributed by atoms with E-state index in [0.29, 0.717) is 32.6 Å². The van der Waals surface area contributed by atoms with Crippen LogP contribution < -0.4 is 5.32 Å². The van der Waals surface area contributed by atoms with Gasteiger partial charge in [-0.05, 0) is 32.3 Å². The van der Waals surface area contributed by atoms with Gasteiger partial charge in [-0.25, -0.2) is 0 Å². The van der Waals surface area contributed by atoms with Gasteiger partial charge in [-0.3, -0.25) is 4.79 Å². The van der Waals surface area contributed by atoms with E-state index in [1.165, 1.54) is 11.1 Å². The quantitative estimate of drug-likeness (QED) is 0.840. The molecule has 1 fully saturated rings. The van der Waals surface area contributed by atoms with Crippen LogP contribution in [-0.4, -0.2) is 31.5 Å². The number of aryl methyl sites for hydroxylation is 2. The lowest BCUT2D eigenvalue weighted by Gasteiger charge is -2.22. The standard InChI is InChI=1S/C17H25NO3/c1-14-6-8-15(9-7-14)4-3-5-16(19)18-11-10-17(2)20-12-13-21-17/h6-9H,3-5,10-13H2,1-2H3,(H,18,19). The molecule has 1 aliphatic heterocycles. The summed E-state index contributed by atoms with van der Waals surface area (Å²) in [5.41, 5.74) is 2.55. The molecule has 4 nitrogen and oxygen atoms in total. The highest BCUT2D eigenvalue weighted by Crippen LogP contribution is 2.21. The number of hydrogen-bond donors (Lipinski definition) is 1. The Bertz CT molecular complexity index is 450. The van der Waals surface area contributed by atoms with Crippen LogP contribution in [0.2, 0.25) is 0 Å². The fourth-order valence-corrected chi connectivity index (χ4v) is 2.43. The van der Waals surface area contributed by atoms with E-state index < -0.39 is 5.79 Å². The Kier molecular flexibility index (Phi) is 5.76. The normalized spacial score (nSPS) is 16.9. The molecule has 0 aliphatic carbocycles. The highest BCUT2D eigenvalue weighted by atomic mass is 16.7. The average molecular weight is 291 g/mol. The summed E-state index contributed by atoms with van der Waals surface area (Å²) in [7, 11) is 0. The third kappa shape index (κ3) is 5.48. The van der Waals surface area contributed by atoms with Crippen LogP contribution in [0.15, 0.2) is 24.3 Å². The van der Waals surface area contributed by atoms with Crippen molar-refractivity contribution in [3.8, 4) is 0 Å². The molecule has 0 radical (unpaired) electrons. The van der Waals surface area contributed by atoms with Crippen LogP contribution >= 0.6 is 0 Å². The minimum atomic E-state index is -0.519. The Balaban J connectivity index is 1.58. The molecule has 4 heteroatoms. The number of amides is 1. The monoisotopic (exact) mass is 291 g/mol. The zero-order chi connectivity index (χ0) is 15.1. The maximum Gasteiger partial charge on any atom is 0.220 e. The maximum atomic E-state index is 11.8. The van der Waals surface area contributed by atoms with Gasteiger partial charge in [0.2, 0.25) is 5.91 Å². The molecule has 1 aromatic carbocycles. The Morgan fingerprint density at radius 3 is 2.57 bits per heavy atom. The molecule has 116 valence electrons. The number of hydrogen-bond acceptors (Lipinski definition) is 3. The topological polar surface area (TPSA) is 47.6 Å². The van der Waals surface area contributed by atoms with Crippen molar-refractivity contribution in [1.29, 1.82) is 0 Å². The molecule has 0 aromatic heterocycles. The van der Waals surface area contributed by atoms with Crippen LogP contribution in [0.5, 0.6) is 0 Å². The molecule has 1 saturated heterocycles. The van der Waals surface area contributed by atoms with Crippen LogP contribution in [0.3, 0.4) is 0 Å². The first kappa shape index (κ1) is 16.0. The third-order valence-electron chi connectivity index (χ3n) is 3.79. The Labute approximate surface area is 126 Å². The van der Waals surface area contributed by atoms with E-state index in [1.807, 2.05) is 6.92 Å². The summed E-state index contributed by atoms with van der Waals surface area (Å²) >= 11 is 0. The lowest BCUT2D eigenvalue weighted by atomic mass is 10.1. The molecule has 1 amide bonds. The molecule has 0 unspecified atom stereocenters. The fraction of sp³-hybridized carbons (Fsp3) is 0.588. The summed E-state index contributed by atoms with van der Waals surface area (Å²) in [5, 5.41) is 2.93. The molecule has 1 N–H and O–H groups in total. The van der Waals surface area contributed by atoms with E-state index in [-0.39, 0.29) is 5.91 Å². The van der Waals surface area contributed by atoms with Gasteiger partial charge in [0.1, 0.15) is 0 Å². The number of carbonyl (C=O) groups is 1. The van der Waals surface area contributed by atoms with E-state index in [1.54, 1.807) is 0 Å². The number of benzene rings is 1. The van der Waals surface area contributed by atoms with E-state index in [0.717, 1.165) is 12.8 Å². The van der Waals surface area contributed by atoms with Gasteiger partial charge in [0.15, 0.2) is 5.79 Å². The van der Waals surface area contributed by atoms with Crippen LogP contribution in [0.1, 0.15) is 37.3 Å². The van der Waals surface area contributed by atoms with E-state index in [4.69, 9.17) is 9.47 Å². The lowest BCUT2D eigenvalue weighted by molar-refractivity contribution is -0.146. The average Bonchev–Trinajstić information content (AvgIpc) is 2.88. The molecule has 2 rings (SSSR count). The Morgan fingerprint density at radius 1 is 1.24 bits per heavy atom. The second-order valence-electron chi connectivity index (χ2n) is 5.77. The van der Waals surface area contributed by atoms with Crippen molar-refractivity contribution in [1.82, 2.24) is 5.32 Å². The Hall–Kier alpha value is -1.39. The zero-order valence-electron chi connectivity index (χ0n) is 13.0.